The highest BCUT2D eigenvalue weighted by Gasteiger charge is 2.26. The Bertz CT molecular complexity index is 950. The van der Waals surface area contributed by atoms with Gasteiger partial charge in [-0.2, -0.15) is 0 Å². The van der Waals surface area contributed by atoms with Gasteiger partial charge < -0.3 is 16.6 Å². The maximum Gasteiger partial charge on any atom is 0.162 e. The van der Waals surface area contributed by atoms with Crippen molar-refractivity contribution < 1.29 is 23.5 Å². The van der Waals surface area contributed by atoms with Gasteiger partial charge in [-0.3, -0.25) is 9.59 Å². The zero-order chi connectivity index (χ0) is 25.3. The van der Waals surface area contributed by atoms with Gasteiger partial charge in [-0.05, 0) is 60.4 Å². The first-order valence-electron chi connectivity index (χ1n) is 11.7. The molecule has 0 saturated carbocycles. The number of aliphatic hydroxyl groups is 1. The highest BCUT2D eigenvalue weighted by atomic mass is 19.1. The number of benzene rings is 2. The van der Waals surface area contributed by atoms with Crippen molar-refractivity contribution in [3.05, 3.63) is 71.3 Å². The summed E-state index contributed by atoms with van der Waals surface area (Å²) in [7, 11) is 0. The molecule has 0 bridgehead atoms. The van der Waals surface area contributed by atoms with Gasteiger partial charge in [0.15, 0.2) is 5.78 Å². The van der Waals surface area contributed by atoms with Gasteiger partial charge in [-0.1, -0.05) is 44.2 Å². The molecule has 0 amide bonds. The lowest BCUT2D eigenvalue weighted by molar-refractivity contribution is -0.128. The van der Waals surface area contributed by atoms with E-state index in [1.165, 1.54) is 0 Å². The van der Waals surface area contributed by atoms with Crippen molar-refractivity contribution in [1.82, 2.24) is 0 Å². The molecule has 3 unspecified atom stereocenters. The lowest BCUT2D eigenvalue weighted by atomic mass is 9.80. The van der Waals surface area contributed by atoms with Gasteiger partial charge in [-0.15, -0.1) is 0 Å². The molecule has 2 aromatic carbocycles. The van der Waals surface area contributed by atoms with E-state index in [1.54, 1.807) is 0 Å². The Labute approximate surface area is 200 Å². The van der Waals surface area contributed by atoms with Crippen LogP contribution in [0.1, 0.15) is 57.1 Å². The van der Waals surface area contributed by atoms with E-state index in [1.807, 2.05) is 44.2 Å². The molecule has 5 nitrogen and oxygen atoms in total. The van der Waals surface area contributed by atoms with Gasteiger partial charge in [0.25, 0.3) is 0 Å². The molecule has 34 heavy (non-hydrogen) atoms. The minimum absolute atomic E-state index is 0.0615. The summed E-state index contributed by atoms with van der Waals surface area (Å²) in [6, 6.07) is 11.4. The first kappa shape index (κ1) is 27.8. The van der Waals surface area contributed by atoms with Crippen LogP contribution in [-0.2, 0) is 22.4 Å². The second-order valence-corrected chi connectivity index (χ2v) is 9.87. The number of halogens is 2. The zero-order valence-electron chi connectivity index (χ0n) is 20.0. The smallest absolute Gasteiger partial charge is 0.162 e. The summed E-state index contributed by atoms with van der Waals surface area (Å²) in [6.07, 6.45) is 0.817. The van der Waals surface area contributed by atoms with Crippen LogP contribution in [0.5, 0.6) is 0 Å². The van der Waals surface area contributed by atoms with Crippen LogP contribution < -0.4 is 11.5 Å². The van der Waals surface area contributed by atoms with E-state index in [9.17, 15) is 23.5 Å². The summed E-state index contributed by atoms with van der Waals surface area (Å²) in [5, 5.41) is 10.3. The summed E-state index contributed by atoms with van der Waals surface area (Å²) in [5.41, 5.74) is 12.8. The van der Waals surface area contributed by atoms with Crippen LogP contribution in [0.2, 0.25) is 0 Å². The Morgan fingerprint density at radius 1 is 0.971 bits per heavy atom. The third-order valence-corrected chi connectivity index (χ3v) is 6.16. The number of Topliss-reactive ketones (excluding diaryl/α,β-unsaturated/α-hetero) is 2. The average molecular weight is 475 g/mol. The summed E-state index contributed by atoms with van der Waals surface area (Å²) in [5.74, 6) is -1.45. The predicted molar refractivity (Wildman–Crippen MR) is 129 cm³/mol. The van der Waals surface area contributed by atoms with Crippen molar-refractivity contribution in [1.29, 1.82) is 0 Å². The molecule has 0 radical (unpaired) electrons. The predicted octanol–water partition coefficient (Wildman–Crippen LogP) is 3.88. The van der Waals surface area contributed by atoms with Crippen molar-refractivity contribution in [3.63, 3.8) is 0 Å². The number of carbonyl (C=O) groups is 2. The molecule has 0 saturated heterocycles. The summed E-state index contributed by atoms with van der Waals surface area (Å²) < 4.78 is 27.1. The number of aliphatic hydroxyl groups excluding tert-OH is 1. The van der Waals surface area contributed by atoms with Crippen molar-refractivity contribution in [2.45, 2.75) is 77.0 Å². The number of ketones is 2. The van der Waals surface area contributed by atoms with E-state index in [0.717, 1.165) is 23.8 Å². The molecule has 0 aromatic heterocycles. The minimum Gasteiger partial charge on any atom is -0.384 e. The second kappa shape index (κ2) is 12.8. The van der Waals surface area contributed by atoms with Crippen molar-refractivity contribution in [2.75, 3.05) is 0 Å². The molecule has 0 spiro atoms. The largest absolute Gasteiger partial charge is 0.384 e. The van der Waals surface area contributed by atoms with E-state index in [2.05, 4.69) is 0 Å². The third kappa shape index (κ3) is 9.41. The summed E-state index contributed by atoms with van der Waals surface area (Å²) in [6.45, 7) is 3.93. The van der Waals surface area contributed by atoms with Gasteiger partial charge in [0.2, 0.25) is 0 Å². The van der Waals surface area contributed by atoms with Crippen LogP contribution >= 0.6 is 0 Å². The molecule has 0 aliphatic rings. The van der Waals surface area contributed by atoms with Crippen molar-refractivity contribution >= 4 is 11.6 Å². The molecule has 0 aliphatic heterocycles. The Kier molecular flexibility index (Phi) is 10.5. The number of hydrogen-bond acceptors (Lipinski definition) is 5. The van der Waals surface area contributed by atoms with Gasteiger partial charge >= 0.3 is 0 Å². The Hall–Kier alpha value is -2.48. The molecule has 2 rings (SSSR count). The van der Waals surface area contributed by atoms with Crippen LogP contribution in [0.15, 0.2) is 48.5 Å². The lowest BCUT2D eigenvalue weighted by Gasteiger charge is -2.25. The van der Waals surface area contributed by atoms with Gasteiger partial charge in [0, 0.05) is 31.3 Å². The molecule has 0 fully saturated rings. The fraction of sp³-hybridized carbons (Fsp3) is 0.481. The molecule has 3 atom stereocenters. The maximum atomic E-state index is 13.8. The van der Waals surface area contributed by atoms with E-state index in [0.29, 0.717) is 19.3 Å². The number of carbonyl (C=O) groups excluding carboxylic acids is 2. The topological polar surface area (TPSA) is 106 Å². The molecule has 0 aliphatic carbocycles. The van der Waals surface area contributed by atoms with Crippen molar-refractivity contribution in [3.8, 4) is 0 Å². The SMILES string of the molecule is CC(C)(CCC(=O)CC(N)Cc1cc(F)ccc1F)CCC(=O)C(O)C(N)Cc1ccccc1. The normalized spacial score (nSPS) is 14.4. The second-order valence-electron chi connectivity index (χ2n) is 9.87. The molecule has 5 N–H and O–H groups in total. The van der Waals surface area contributed by atoms with Crippen molar-refractivity contribution in [2.24, 2.45) is 16.9 Å². The number of hydrogen-bond donors (Lipinski definition) is 3. The van der Waals surface area contributed by atoms with E-state index >= 15 is 0 Å². The Balaban J connectivity index is 1.74. The summed E-state index contributed by atoms with van der Waals surface area (Å²) >= 11 is 0. The Morgan fingerprint density at radius 3 is 2.29 bits per heavy atom. The Morgan fingerprint density at radius 2 is 1.62 bits per heavy atom. The zero-order valence-corrected chi connectivity index (χ0v) is 20.0. The molecule has 2 aromatic rings. The van der Waals surface area contributed by atoms with E-state index in [-0.39, 0.29) is 48.2 Å². The standard InChI is InChI=1S/C27H36F2N2O3/c1-27(2,13-11-25(33)26(34)24(31)14-18-6-4-3-5-7-18)12-10-22(32)17-21(30)16-19-15-20(28)8-9-23(19)29/h3-9,15,21,24,26,34H,10-14,16-17,30-31H2,1-2H3. The summed E-state index contributed by atoms with van der Waals surface area (Å²) in [4.78, 5) is 24.8. The van der Waals surface area contributed by atoms with Gasteiger partial charge in [0.1, 0.15) is 23.5 Å². The minimum atomic E-state index is -1.24. The van der Waals surface area contributed by atoms with Crippen LogP contribution in [0.3, 0.4) is 0 Å². The first-order chi connectivity index (χ1) is 16.0. The molecule has 7 heteroatoms. The van der Waals surface area contributed by atoms with Gasteiger partial charge in [-0.25, -0.2) is 8.78 Å². The van der Waals surface area contributed by atoms with E-state index < -0.39 is 29.8 Å². The monoisotopic (exact) mass is 474 g/mol. The number of nitrogens with two attached hydrogens (primary N) is 2. The average Bonchev–Trinajstić information content (AvgIpc) is 2.78. The van der Waals surface area contributed by atoms with E-state index in [4.69, 9.17) is 11.5 Å². The fourth-order valence-corrected chi connectivity index (χ4v) is 3.90. The first-order valence-corrected chi connectivity index (χ1v) is 11.7. The highest BCUT2D eigenvalue weighted by Crippen LogP contribution is 2.29. The molecule has 186 valence electrons. The van der Waals surface area contributed by atoms with Gasteiger partial charge in [0.05, 0.1) is 0 Å². The molecule has 0 heterocycles. The third-order valence-electron chi connectivity index (χ3n) is 6.16. The van der Waals surface area contributed by atoms with Crippen LogP contribution in [0.25, 0.3) is 0 Å². The molecular formula is C27H36F2N2O3. The fourth-order valence-electron chi connectivity index (χ4n) is 3.90. The maximum absolute atomic E-state index is 13.8. The molecular weight excluding hydrogens is 438 g/mol. The van der Waals surface area contributed by atoms with Crippen LogP contribution in [0.4, 0.5) is 8.78 Å². The number of rotatable bonds is 14. The highest BCUT2D eigenvalue weighted by molar-refractivity contribution is 5.83. The van der Waals surface area contributed by atoms with Crippen LogP contribution in [-0.4, -0.2) is 34.9 Å². The quantitative estimate of drug-likeness (QED) is 0.385. The lowest BCUT2D eigenvalue weighted by Crippen LogP contribution is -2.42. The van der Waals surface area contributed by atoms with Crippen LogP contribution in [0, 0.1) is 17.0 Å².